The van der Waals surface area contributed by atoms with Crippen molar-refractivity contribution < 1.29 is 9.90 Å². The van der Waals surface area contributed by atoms with Crippen LogP contribution in [0.5, 0.6) is 0 Å². The summed E-state index contributed by atoms with van der Waals surface area (Å²) < 4.78 is 0. The van der Waals surface area contributed by atoms with E-state index in [1.807, 2.05) is 17.2 Å². The molecule has 1 aromatic rings. The number of hydrogen-bond acceptors (Lipinski definition) is 4. The number of hydrogen-bond donors (Lipinski definition) is 1. The molecule has 1 aliphatic rings. The molecule has 0 aromatic carbocycles. The highest BCUT2D eigenvalue weighted by atomic mass is 32.1. The summed E-state index contributed by atoms with van der Waals surface area (Å²) in [4.78, 5) is 16.9. The van der Waals surface area contributed by atoms with Gasteiger partial charge in [0.1, 0.15) is 6.54 Å². The van der Waals surface area contributed by atoms with Crippen molar-refractivity contribution in [3.05, 3.63) is 11.1 Å². The van der Waals surface area contributed by atoms with E-state index in [1.165, 1.54) is 24.2 Å². The maximum absolute atomic E-state index is 10.7. The van der Waals surface area contributed by atoms with E-state index < -0.39 is 5.97 Å². The van der Waals surface area contributed by atoms with Gasteiger partial charge in [-0.2, -0.15) is 0 Å². The Kier molecular flexibility index (Phi) is 2.90. The molecule has 1 fully saturated rings. The second kappa shape index (κ2) is 4.18. The highest BCUT2D eigenvalue weighted by molar-refractivity contribution is 7.13. The molecule has 0 radical (unpaired) electrons. The largest absolute Gasteiger partial charge is 0.480 e. The number of anilines is 1. The van der Waals surface area contributed by atoms with Gasteiger partial charge in [-0.25, -0.2) is 4.98 Å². The lowest BCUT2D eigenvalue weighted by molar-refractivity contribution is -0.135. The van der Waals surface area contributed by atoms with Crippen molar-refractivity contribution in [3.8, 4) is 0 Å². The van der Waals surface area contributed by atoms with Crippen molar-refractivity contribution in [1.29, 1.82) is 0 Å². The Labute approximate surface area is 92.6 Å². The Morgan fingerprint density at radius 2 is 2.47 bits per heavy atom. The van der Waals surface area contributed by atoms with Crippen molar-refractivity contribution in [2.45, 2.75) is 19.8 Å². The van der Waals surface area contributed by atoms with Crippen LogP contribution in [-0.4, -0.2) is 29.1 Å². The predicted molar refractivity (Wildman–Crippen MR) is 59.4 cm³/mol. The molecule has 0 amide bonds. The molecule has 1 aliphatic carbocycles. The minimum atomic E-state index is -0.788. The molecular formula is C10H14N2O2S. The van der Waals surface area contributed by atoms with Crippen molar-refractivity contribution in [3.63, 3.8) is 0 Å². The van der Waals surface area contributed by atoms with Crippen LogP contribution >= 0.6 is 11.3 Å². The van der Waals surface area contributed by atoms with Crippen LogP contribution in [0.1, 0.15) is 18.5 Å². The number of nitrogens with zero attached hydrogens (tertiary/aromatic N) is 2. The average Bonchev–Trinajstić information content (AvgIpc) is 2.85. The SMILES string of the molecule is Cc1csc(N(CC(=O)O)CC2CC2)n1. The van der Waals surface area contributed by atoms with E-state index in [4.69, 9.17) is 5.11 Å². The second-order valence-corrected chi connectivity index (χ2v) is 4.83. The monoisotopic (exact) mass is 226 g/mol. The van der Waals surface area contributed by atoms with Crippen LogP contribution in [0.15, 0.2) is 5.38 Å². The zero-order valence-electron chi connectivity index (χ0n) is 8.64. The van der Waals surface area contributed by atoms with Gasteiger partial charge >= 0.3 is 5.97 Å². The fourth-order valence-corrected chi connectivity index (χ4v) is 2.29. The molecule has 0 bridgehead atoms. The lowest BCUT2D eigenvalue weighted by atomic mass is 10.4. The minimum absolute atomic E-state index is 0.0590. The number of carboxylic acids is 1. The van der Waals surface area contributed by atoms with Gasteiger partial charge in [-0.05, 0) is 25.7 Å². The molecule has 5 heteroatoms. The van der Waals surface area contributed by atoms with E-state index in [0.29, 0.717) is 5.92 Å². The first kappa shape index (κ1) is 10.4. The summed E-state index contributed by atoms with van der Waals surface area (Å²) in [5.74, 6) is -0.114. The molecule has 15 heavy (non-hydrogen) atoms. The predicted octanol–water partition coefficient (Wildman–Crippen LogP) is 1.75. The van der Waals surface area contributed by atoms with Crippen molar-refractivity contribution in [1.82, 2.24) is 4.98 Å². The molecule has 0 atom stereocenters. The molecule has 0 unspecified atom stereocenters. The third kappa shape index (κ3) is 2.92. The fourth-order valence-electron chi connectivity index (χ4n) is 1.47. The molecular weight excluding hydrogens is 212 g/mol. The van der Waals surface area contributed by atoms with Gasteiger partial charge in [0.25, 0.3) is 0 Å². The summed E-state index contributed by atoms with van der Waals surface area (Å²) in [6.45, 7) is 2.82. The number of rotatable bonds is 5. The third-order valence-corrected chi connectivity index (χ3v) is 3.40. The van der Waals surface area contributed by atoms with Crippen molar-refractivity contribution in [2.24, 2.45) is 5.92 Å². The highest BCUT2D eigenvalue weighted by Crippen LogP contribution is 2.32. The van der Waals surface area contributed by atoms with Crippen LogP contribution < -0.4 is 4.90 Å². The van der Waals surface area contributed by atoms with Gasteiger partial charge in [-0.1, -0.05) is 0 Å². The van der Waals surface area contributed by atoms with Crippen LogP contribution in [-0.2, 0) is 4.79 Å². The minimum Gasteiger partial charge on any atom is -0.480 e. The highest BCUT2D eigenvalue weighted by Gasteiger charge is 2.26. The third-order valence-electron chi connectivity index (χ3n) is 2.38. The topological polar surface area (TPSA) is 53.4 Å². The maximum Gasteiger partial charge on any atom is 0.323 e. The zero-order chi connectivity index (χ0) is 10.8. The molecule has 2 rings (SSSR count). The number of aryl methyl sites for hydroxylation is 1. The molecule has 0 aliphatic heterocycles. The lowest BCUT2D eigenvalue weighted by Gasteiger charge is -2.18. The van der Waals surface area contributed by atoms with Gasteiger partial charge in [0.2, 0.25) is 0 Å². The maximum atomic E-state index is 10.7. The molecule has 4 nitrogen and oxygen atoms in total. The van der Waals surface area contributed by atoms with E-state index in [9.17, 15) is 4.79 Å². The molecule has 0 spiro atoms. The van der Waals surface area contributed by atoms with Gasteiger partial charge in [0.15, 0.2) is 5.13 Å². The van der Waals surface area contributed by atoms with Gasteiger partial charge < -0.3 is 10.0 Å². The smallest absolute Gasteiger partial charge is 0.323 e. The first-order valence-electron chi connectivity index (χ1n) is 5.04. The van der Waals surface area contributed by atoms with E-state index in [1.54, 1.807) is 0 Å². The van der Waals surface area contributed by atoms with Gasteiger partial charge in [-0.15, -0.1) is 11.3 Å². The van der Waals surface area contributed by atoms with Gasteiger partial charge in [0.05, 0.1) is 5.69 Å². The second-order valence-electron chi connectivity index (χ2n) is 3.99. The average molecular weight is 226 g/mol. The quantitative estimate of drug-likeness (QED) is 0.831. The number of aromatic nitrogens is 1. The van der Waals surface area contributed by atoms with E-state index >= 15 is 0 Å². The number of carboxylic acid groups (broad SMARTS) is 1. The summed E-state index contributed by atoms with van der Waals surface area (Å²) in [5, 5.41) is 11.6. The molecule has 82 valence electrons. The summed E-state index contributed by atoms with van der Waals surface area (Å²) >= 11 is 1.52. The summed E-state index contributed by atoms with van der Waals surface area (Å²) in [6.07, 6.45) is 2.45. The van der Waals surface area contributed by atoms with E-state index in [2.05, 4.69) is 4.98 Å². The van der Waals surface area contributed by atoms with Crippen LogP contribution in [0, 0.1) is 12.8 Å². The Balaban J connectivity index is 2.05. The normalized spacial score (nSPS) is 15.3. The van der Waals surface area contributed by atoms with Crippen LogP contribution in [0.4, 0.5) is 5.13 Å². The van der Waals surface area contributed by atoms with E-state index in [-0.39, 0.29) is 6.54 Å². The molecule has 0 saturated heterocycles. The molecule has 1 aromatic heterocycles. The van der Waals surface area contributed by atoms with Crippen molar-refractivity contribution >= 4 is 22.4 Å². The van der Waals surface area contributed by atoms with Crippen LogP contribution in [0.2, 0.25) is 0 Å². The van der Waals surface area contributed by atoms with Gasteiger partial charge in [0, 0.05) is 11.9 Å². The Morgan fingerprint density at radius 3 is 2.93 bits per heavy atom. The van der Waals surface area contributed by atoms with Crippen LogP contribution in [0.25, 0.3) is 0 Å². The van der Waals surface area contributed by atoms with Crippen LogP contribution in [0.3, 0.4) is 0 Å². The molecule has 1 saturated carbocycles. The number of aliphatic carboxylic acids is 1. The first-order valence-corrected chi connectivity index (χ1v) is 5.92. The summed E-state index contributed by atoms with van der Waals surface area (Å²) in [6, 6.07) is 0. The molecule has 1 N–H and O–H groups in total. The summed E-state index contributed by atoms with van der Waals surface area (Å²) in [7, 11) is 0. The Hall–Kier alpha value is -1.10. The standard InChI is InChI=1S/C10H14N2O2S/c1-7-6-15-10(11-7)12(5-9(13)14)4-8-2-3-8/h6,8H,2-5H2,1H3,(H,13,14). The zero-order valence-corrected chi connectivity index (χ0v) is 9.46. The summed E-state index contributed by atoms with van der Waals surface area (Å²) in [5.41, 5.74) is 0.959. The van der Waals surface area contributed by atoms with Crippen molar-refractivity contribution in [2.75, 3.05) is 18.0 Å². The lowest BCUT2D eigenvalue weighted by Crippen LogP contribution is -2.31. The first-order chi connectivity index (χ1) is 7.15. The fraction of sp³-hybridized carbons (Fsp3) is 0.600. The number of thiazole rings is 1. The Morgan fingerprint density at radius 1 is 1.73 bits per heavy atom. The Bertz CT molecular complexity index is 360. The number of carbonyl (C=O) groups is 1. The van der Waals surface area contributed by atoms with Gasteiger partial charge in [-0.3, -0.25) is 4.79 Å². The van der Waals surface area contributed by atoms with E-state index in [0.717, 1.165) is 17.4 Å². The molecule has 1 heterocycles.